The minimum absolute atomic E-state index is 0.0636. The first-order valence-electron chi connectivity index (χ1n) is 10.9. The van der Waals surface area contributed by atoms with Gasteiger partial charge in [-0.15, -0.1) is 0 Å². The average Bonchev–Trinajstić information content (AvgIpc) is 3.40. The standard InChI is InChI=1S/C26H26N4O3/c1-16(2)24-28-14-17(15-29-24)22-23(26(22,3)4)25(31)33-20(13-27)19-11-8-12-21(30-19)32-18-9-6-5-7-10-18/h5-12,14-16,20,22-23H,1-4H3/t20?,22-,23+/m1/s1. The number of carbonyl (C=O) groups excluding carboxylic acids is 1. The summed E-state index contributed by atoms with van der Waals surface area (Å²) in [5.41, 5.74) is 0.904. The minimum Gasteiger partial charge on any atom is -0.440 e. The van der Waals surface area contributed by atoms with Gasteiger partial charge in [-0.3, -0.25) is 4.79 Å². The fourth-order valence-corrected chi connectivity index (χ4v) is 4.09. The van der Waals surface area contributed by atoms with Gasteiger partial charge < -0.3 is 9.47 Å². The molecule has 33 heavy (non-hydrogen) atoms. The number of nitrogens with zero attached hydrogens (tertiary/aromatic N) is 4. The van der Waals surface area contributed by atoms with Crippen LogP contribution in [0.15, 0.2) is 60.9 Å². The van der Waals surface area contributed by atoms with Crippen LogP contribution in [0.5, 0.6) is 11.6 Å². The number of ether oxygens (including phenoxy) is 2. The SMILES string of the molecule is CC(C)c1ncc([C@@H]2[C@@H](C(=O)OC(C#N)c3cccc(Oc4ccccc4)n3)C2(C)C)cn1. The van der Waals surface area contributed by atoms with Crippen molar-refractivity contribution in [2.75, 3.05) is 0 Å². The van der Waals surface area contributed by atoms with Crippen LogP contribution in [0.3, 0.4) is 0 Å². The molecule has 1 unspecified atom stereocenters. The molecule has 3 atom stereocenters. The Kier molecular flexibility index (Phi) is 6.10. The van der Waals surface area contributed by atoms with E-state index in [2.05, 4.69) is 15.0 Å². The number of hydrogen-bond acceptors (Lipinski definition) is 7. The summed E-state index contributed by atoms with van der Waals surface area (Å²) in [6.45, 7) is 8.08. The number of rotatable bonds is 7. The minimum atomic E-state index is -1.13. The summed E-state index contributed by atoms with van der Waals surface area (Å²) in [6.07, 6.45) is 2.44. The monoisotopic (exact) mass is 442 g/mol. The largest absolute Gasteiger partial charge is 0.440 e. The summed E-state index contributed by atoms with van der Waals surface area (Å²) < 4.78 is 11.3. The molecule has 7 heteroatoms. The van der Waals surface area contributed by atoms with Gasteiger partial charge in [-0.05, 0) is 29.2 Å². The Morgan fingerprint density at radius 2 is 1.76 bits per heavy atom. The van der Waals surface area contributed by atoms with E-state index >= 15 is 0 Å². The van der Waals surface area contributed by atoms with E-state index in [1.165, 1.54) is 0 Å². The summed E-state index contributed by atoms with van der Waals surface area (Å²) in [6, 6.07) is 16.3. The van der Waals surface area contributed by atoms with E-state index < -0.39 is 12.1 Å². The summed E-state index contributed by atoms with van der Waals surface area (Å²) in [5, 5.41) is 9.68. The molecule has 7 nitrogen and oxygen atoms in total. The lowest BCUT2D eigenvalue weighted by atomic mass is 10.1. The Labute approximate surface area is 193 Å². The van der Waals surface area contributed by atoms with Gasteiger partial charge in [0.1, 0.15) is 17.6 Å². The highest BCUT2D eigenvalue weighted by Gasteiger charge is 2.63. The average molecular weight is 443 g/mol. The van der Waals surface area contributed by atoms with Crippen LogP contribution in [0.4, 0.5) is 0 Å². The Morgan fingerprint density at radius 3 is 2.39 bits per heavy atom. The van der Waals surface area contributed by atoms with Crippen molar-refractivity contribution in [1.82, 2.24) is 15.0 Å². The lowest BCUT2D eigenvalue weighted by Gasteiger charge is -2.12. The molecule has 4 rings (SSSR count). The molecule has 1 aromatic carbocycles. The molecule has 168 valence electrons. The van der Waals surface area contributed by atoms with E-state index in [-0.39, 0.29) is 23.2 Å². The van der Waals surface area contributed by atoms with Gasteiger partial charge >= 0.3 is 5.97 Å². The highest BCUT2D eigenvalue weighted by molar-refractivity contribution is 5.80. The third kappa shape index (κ3) is 4.70. The second-order valence-corrected chi connectivity index (χ2v) is 9.07. The number of pyridine rings is 1. The Morgan fingerprint density at radius 1 is 1.06 bits per heavy atom. The van der Waals surface area contributed by atoms with E-state index in [0.29, 0.717) is 17.3 Å². The van der Waals surface area contributed by atoms with Crippen molar-refractivity contribution in [2.45, 2.75) is 45.6 Å². The van der Waals surface area contributed by atoms with Crippen LogP contribution in [0.25, 0.3) is 0 Å². The first-order valence-corrected chi connectivity index (χ1v) is 10.9. The third-order valence-corrected chi connectivity index (χ3v) is 5.98. The molecular weight excluding hydrogens is 416 g/mol. The molecule has 0 bridgehead atoms. The molecule has 0 N–H and O–H groups in total. The van der Waals surface area contributed by atoms with E-state index in [4.69, 9.17) is 9.47 Å². The summed E-state index contributed by atoms with van der Waals surface area (Å²) >= 11 is 0. The maximum atomic E-state index is 13.0. The van der Waals surface area contributed by atoms with Gasteiger partial charge in [0.2, 0.25) is 12.0 Å². The normalized spacial score (nSPS) is 19.4. The zero-order valence-corrected chi connectivity index (χ0v) is 19.1. The third-order valence-electron chi connectivity index (χ3n) is 5.98. The van der Waals surface area contributed by atoms with E-state index in [9.17, 15) is 10.1 Å². The number of benzene rings is 1. The Hall–Kier alpha value is -3.79. The van der Waals surface area contributed by atoms with Crippen molar-refractivity contribution < 1.29 is 14.3 Å². The van der Waals surface area contributed by atoms with Crippen LogP contribution in [0, 0.1) is 22.7 Å². The lowest BCUT2D eigenvalue weighted by Crippen LogP contribution is -2.15. The molecule has 0 amide bonds. The predicted octanol–water partition coefficient (Wildman–Crippen LogP) is 5.33. The second kappa shape index (κ2) is 8.99. The zero-order valence-electron chi connectivity index (χ0n) is 19.1. The van der Waals surface area contributed by atoms with Crippen LogP contribution >= 0.6 is 0 Å². The highest BCUT2D eigenvalue weighted by Crippen LogP contribution is 2.64. The smallest absolute Gasteiger partial charge is 0.311 e. The fraction of sp³-hybridized carbons (Fsp3) is 0.346. The van der Waals surface area contributed by atoms with Crippen molar-refractivity contribution in [3.05, 3.63) is 78.0 Å². The van der Waals surface area contributed by atoms with Crippen LogP contribution in [-0.2, 0) is 9.53 Å². The molecule has 1 fully saturated rings. The lowest BCUT2D eigenvalue weighted by molar-refractivity contribution is -0.149. The first kappa shape index (κ1) is 22.4. The van der Waals surface area contributed by atoms with Crippen molar-refractivity contribution in [1.29, 1.82) is 5.26 Å². The van der Waals surface area contributed by atoms with Crippen LogP contribution in [0.1, 0.15) is 62.7 Å². The van der Waals surface area contributed by atoms with Crippen molar-refractivity contribution in [3.63, 3.8) is 0 Å². The van der Waals surface area contributed by atoms with Crippen LogP contribution in [0.2, 0.25) is 0 Å². The van der Waals surface area contributed by atoms with Crippen molar-refractivity contribution in [3.8, 4) is 17.7 Å². The molecule has 0 radical (unpaired) electrons. The number of esters is 1. The van der Waals surface area contributed by atoms with Crippen molar-refractivity contribution in [2.24, 2.45) is 11.3 Å². The topological polar surface area (TPSA) is 98.0 Å². The van der Waals surface area contributed by atoms with Gasteiger partial charge in [-0.1, -0.05) is 52.0 Å². The van der Waals surface area contributed by atoms with Gasteiger partial charge in [0, 0.05) is 30.3 Å². The highest BCUT2D eigenvalue weighted by atomic mass is 16.5. The Balaban J connectivity index is 1.47. The summed E-state index contributed by atoms with van der Waals surface area (Å²) in [4.78, 5) is 26.3. The molecule has 2 heterocycles. The molecule has 1 saturated carbocycles. The van der Waals surface area contributed by atoms with Gasteiger partial charge in [-0.25, -0.2) is 15.0 Å². The maximum absolute atomic E-state index is 13.0. The zero-order chi connectivity index (χ0) is 23.6. The second-order valence-electron chi connectivity index (χ2n) is 9.07. The molecule has 1 aliphatic rings. The fourth-order valence-electron chi connectivity index (χ4n) is 4.09. The molecule has 3 aromatic rings. The van der Waals surface area contributed by atoms with E-state index in [1.54, 1.807) is 30.6 Å². The van der Waals surface area contributed by atoms with Gasteiger partial charge in [-0.2, -0.15) is 5.26 Å². The van der Waals surface area contributed by atoms with Gasteiger partial charge in [0.05, 0.1) is 11.6 Å². The molecule has 1 aliphatic carbocycles. The molecular formula is C26H26N4O3. The van der Waals surface area contributed by atoms with E-state index in [1.807, 2.05) is 64.1 Å². The molecule has 0 aliphatic heterocycles. The number of aromatic nitrogens is 3. The van der Waals surface area contributed by atoms with E-state index in [0.717, 1.165) is 11.4 Å². The first-order chi connectivity index (χ1) is 15.8. The quantitative estimate of drug-likeness (QED) is 0.456. The Bertz CT molecular complexity index is 1170. The van der Waals surface area contributed by atoms with Gasteiger partial charge in [0.25, 0.3) is 0 Å². The maximum Gasteiger partial charge on any atom is 0.311 e. The number of para-hydroxylation sites is 1. The predicted molar refractivity (Wildman–Crippen MR) is 121 cm³/mol. The van der Waals surface area contributed by atoms with Crippen molar-refractivity contribution >= 4 is 5.97 Å². The van der Waals surface area contributed by atoms with Gasteiger partial charge in [0.15, 0.2) is 0 Å². The summed E-state index contributed by atoms with van der Waals surface area (Å²) in [5.74, 6) is 1.07. The molecule has 0 saturated heterocycles. The number of hydrogen-bond donors (Lipinski definition) is 0. The number of nitriles is 1. The number of carbonyl (C=O) groups is 1. The summed E-state index contributed by atoms with van der Waals surface area (Å²) in [7, 11) is 0. The molecule has 0 spiro atoms. The van der Waals surface area contributed by atoms with Crippen LogP contribution < -0.4 is 4.74 Å². The van der Waals surface area contributed by atoms with Crippen LogP contribution in [-0.4, -0.2) is 20.9 Å². The molecule has 2 aromatic heterocycles.